The minimum Gasteiger partial charge on any atom is -0.393 e. The third-order valence-electron chi connectivity index (χ3n) is 9.40. The van der Waals surface area contributed by atoms with Crippen molar-refractivity contribution in [3.8, 4) is 0 Å². The van der Waals surface area contributed by atoms with Gasteiger partial charge in [-0.3, -0.25) is 4.79 Å². The molecule has 0 radical (unpaired) electrons. The predicted octanol–water partition coefficient (Wildman–Crippen LogP) is 7.67. The fourth-order valence-electron chi connectivity index (χ4n) is 7.52. The molecule has 6 heteroatoms. The number of carbonyl (C=O) groups excluding carboxylic acids is 1. The van der Waals surface area contributed by atoms with Crippen molar-refractivity contribution in [2.24, 2.45) is 23.2 Å². The van der Waals surface area contributed by atoms with Gasteiger partial charge in [-0.15, -0.1) is 0 Å². The van der Waals surface area contributed by atoms with Gasteiger partial charge in [0.2, 0.25) is 0 Å². The van der Waals surface area contributed by atoms with Crippen LogP contribution in [0.5, 0.6) is 0 Å². The van der Waals surface area contributed by atoms with Crippen molar-refractivity contribution in [2.75, 3.05) is 0 Å². The molecule has 3 nitrogen and oxygen atoms in total. The maximum atomic E-state index is 12.8. The Kier molecular flexibility index (Phi) is 8.69. The van der Waals surface area contributed by atoms with Crippen LogP contribution in [0, 0.1) is 23.2 Å². The molecule has 0 spiro atoms. The maximum absolute atomic E-state index is 12.8. The molecule has 0 saturated heterocycles. The highest BCUT2D eigenvalue weighted by molar-refractivity contribution is 5.96. The molecule has 6 atom stereocenters. The first kappa shape index (κ1) is 28.1. The van der Waals surface area contributed by atoms with Crippen LogP contribution in [0.2, 0.25) is 0 Å². The summed E-state index contributed by atoms with van der Waals surface area (Å²) in [4.78, 5) is 12.6. The van der Waals surface area contributed by atoms with E-state index in [0.717, 1.165) is 37.0 Å². The van der Waals surface area contributed by atoms with Gasteiger partial charge in [0.1, 0.15) is 0 Å². The van der Waals surface area contributed by atoms with Crippen LogP contribution in [-0.2, 0) is 6.18 Å². The molecule has 0 aliphatic heterocycles. The second kappa shape index (κ2) is 11.4. The lowest BCUT2D eigenvalue weighted by atomic mass is 9.60. The van der Waals surface area contributed by atoms with Gasteiger partial charge in [0, 0.05) is 12.0 Å². The number of fused-ring (bicyclic) bond motifs is 1. The van der Waals surface area contributed by atoms with Gasteiger partial charge in [0.05, 0.1) is 17.8 Å². The summed E-state index contributed by atoms with van der Waals surface area (Å²) in [6, 6.07) is 4.55. The van der Waals surface area contributed by atoms with Crippen molar-refractivity contribution < 1.29 is 28.2 Å². The number of ketones is 1. The van der Waals surface area contributed by atoms with Crippen molar-refractivity contribution in [1.82, 2.24) is 0 Å². The van der Waals surface area contributed by atoms with Gasteiger partial charge < -0.3 is 10.2 Å². The Morgan fingerprint density at radius 1 is 1.11 bits per heavy atom. The minimum atomic E-state index is -4.39. The Bertz CT molecular complexity index is 998. The van der Waals surface area contributed by atoms with Crippen LogP contribution in [0.25, 0.3) is 0 Å². The number of halogens is 3. The van der Waals surface area contributed by atoms with Gasteiger partial charge in [-0.1, -0.05) is 49.3 Å². The van der Waals surface area contributed by atoms with Crippen molar-refractivity contribution >= 4 is 5.78 Å². The zero-order valence-corrected chi connectivity index (χ0v) is 22.1. The molecule has 0 aromatic heterocycles. The fraction of sp³-hybridized carbons (Fsp3) is 0.645. The molecule has 1 aromatic carbocycles. The van der Waals surface area contributed by atoms with Crippen molar-refractivity contribution in [2.45, 2.75) is 103 Å². The lowest BCUT2D eigenvalue weighted by molar-refractivity contribution is -0.137. The monoisotopic (exact) mass is 518 g/mol. The van der Waals surface area contributed by atoms with Gasteiger partial charge in [-0.25, -0.2) is 0 Å². The number of carbonyl (C=O) groups is 1. The normalized spacial score (nSPS) is 32.3. The summed E-state index contributed by atoms with van der Waals surface area (Å²) in [6.45, 7) is 4.74. The average Bonchev–Trinajstić information content (AvgIpc) is 3.19. The van der Waals surface area contributed by atoms with E-state index in [0.29, 0.717) is 49.0 Å². The van der Waals surface area contributed by atoms with Crippen LogP contribution in [0.15, 0.2) is 47.6 Å². The van der Waals surface area contributed by atoms with Crippen LogP contribution in [0.3, 0.4) is 0 Å². The van der Waals surface area contributed by atoms with E-state index in [1.165, 1.54) is 43.4 Å². The zero-order chi connectivity index (χ0) is 26.8. The Hall–Kier alpha value is -1.92. The summed E-state index contributed by atoms with van der Waals surface area (Å²) in [5.41, 5.74) is 2.50. The lowest BCUT2D eigenvalue weighted by Gasteiger charge is -2.44. The van der Waals surface area contributed by atoms with E-state index in [9.17, 15) is 28.2 Å². The van der Waals surface area contributed by atoms with E-state index < -0.39 is 23.9 Å². The Morgan fingerprint density at radius 3 is 2.43 bits per heavy atom. The van der Waals surface area contributed by atoms with E-state index in [2.05, 4.69) is 26.0 Å². The molecule has 3 saturated carbocycles. The molecular formula is C31H41F3O3. The van der Waals surface area contributed by atoms with Crippen LogP contribution in [-0.4, -0.2) is 28.2 Å². The molecule has 0 bridgehead atoms. The quantitative estimate of drug-likeness (QED) is 0.364. The third-order valence-corrected chi connectivity index (χ3v) is 9.40. The number of Topliss-reactive ketones (excluding diaryl/α,β-unsaturated/α-hetero) is 1. The van der Waals surface area contributed by atoms with E-state index in [-0.39, 0.29) is 11.2 Å². The SMILES string of the molecule is C[C@H](CCCC(=O)c1ccc(C(F)(F)F)cc1)[C@H]1CC[C@H]2/C(=C/C=C3C[C@@H](O)C[C@H](O)C3)CCC[C@]12C. The standard InChI is InChI=1S/C31H41F3O3/c1-20(5-3-7-29(37)23-10-12-24(13-11-23)31(32,33)34)27-14-15-28-22(6-4-16-30(27,28)2)9-8-21-17-25(35)19-26(36)18-21/h8-13,20,25-28,35-36H,3-7,14-19H2,1-2H3/b22-9+/t20-,25-,26-,27-,28+,30-/m1/s1. The van der Waals surface area contributed by atoms with E-state index in [1.807, 2.05) is 0 Å². The number of rotatable bonds is 7. The van der Waals surface area contributed by atoms with Crippen LogP contribution in [0.1, 0.15) is 100 Å². The van der Waals surface area contributed by atoms with Crippen LogP contribution < -0.4 is 0 Å². The average molecular weight is 519 g/mol. The molecule has 4 rings (SSSR count). The number of alkyl halides is 3. The van der Waals surface area contributed by atoms with E-state index >= 15 is 0 Å². The first-order chi connectivity index (χ1) is 17.5. The summed E-state index contributed by atoms with van der Waals surface area (Å²) in [5.74, 6) is 1.54. The highest BCUT2D eigenvalue weighted by Gasteiger charge is 2.50. The fourth-order valence-corrected chi connectivity index (χ4v) is 7.52. The first-order valence-electron chi connectivity index (χ1n) is 13.9. The first-order valence-corrected chi connectivity index (χ1v) is 13.9. The third kappa shape index (κ3) is 6.57. The predicted molar refractivity (Wildman–Crippen MR) is 139 cm³/mol. The highest BCUT2D eigenvalue weighted by atomic mass is 19.4. The van der Waals surface area contributed by atoms with Crippen LogP contribution in [0.4, 0.5) is 13.2 Å². The molecule has 37 heavy (non-hydrogen) atoms. The topological polar surface area (TPSA) is 57.5 Å². The van der Waals surface area contributed by atoms with Crippen molar-refractivity contribution in [1.29, 1.82) is 0 Å². The second-order valence-electron chi connectivity index (χ2n) is 12.0. The number of benzene rings is 1. The molecule has 0 unspecified atom stereocenters. The summed E-state index contributed by atoms with van der Waals surface area (Å²) in [5, 5.41) is 20.0. The maximum Gasteiger partial charge on any atom is 0.416 e. The molecule has 3 fully saturated rings. The number of allylic oxidation sites excluding steroid dienone is 3. The number of hydrogen-bond acceptors (Lipinski definition) is 3. The van der Waals surface area contributed by atoms with Crippen molar-refractivity contribution in [3.63, 3.8) is 0 Å². The molecule has 1 aromatic rings. The smallest absolute Gasteiger partial charge is 0.393 e. The molecular weight excluding hydrogens is 477 g/mol. The van der Waals surface area contributed by atoms with Gasteiger partial charge in [0.25, 0.3) is 0 Å². The summed E-state index contributed by atoms with van der Waals surface area (Å²) < 4.78 is 38.3. The minimum absolute atomic E-state index is 0.0923. The van der Waals surface area contributed by atoms with E-state index in [1.54, 1.807) is 0 Å². The Balaban J connectivity index is 1.33. The van der Waals surface area contributed by atoms with Gasteiger partial charge in [-0.2, -0.15) is 13.2 Å². The zero-order valence-electron chi connectivity index (χ0n) is 22.1. The second-order valence-corrected chi connectivity index (χ2v) is 12.0. The van der Waals surface area contributed by atoms with Crippen molar-refractivity contribution in [3.05, 3.63) is 58.7 Å². The highest BCUT2D eigenvalue weighted by Crippen LogP contribution is 2.60. The van der Waals surface area contributed by atoms with Gasteiger partial charge >= 0.3 is 6.18 Å². The van der Waals surface area contributed by atoms with E-state index in [4.69, 9.17) is 0 Å². The summed E-state index contributed by atoms with van der Waals surface area (Å²) >= 11 is 0. The number of aliphatic hydroxyl groups is 2. The van der Waals surface area contributed by atoms with Gasteiger partial charge in [-0.05, 0) is 99.5 Å². The molecule has 0 amide bonds. The molecule has 2 N–H and O–H groups in total. The molecule has 204 valence electrons. The number of hydrogen-bond donors (Lipinski definition) is 2. The molecule has 0 heterocycles. The number of aliphatic hydroxyl groups excluding tert-OH is 2. The Labute approximate surface area is 218 Å². The largest absolute Gasteiger partial charge is 0.416 e. The lowest BCUT2D eigenvalue weighted by Crippen LogP contribution is -2.36. The molecule has 3 aliphatic rings. The summed E-state index contributed by atoms with van der Waals surface area (Å²) in [7, 11) is 0. The molecule has 3 aliphatic carbocycles. The van der Waals surface area contributed by atoms with Crippen LogP contribution >= 0.6 is 0 Å². The summed E-state index contributed by atoms with van der Waals surface area (Å²) in [6.07, 6.45) is 8.79. The Morgan fingerprint density at radius 2 is 1.78 bits per heavy atom. The van der Waals surface area contributed by atoms with Gasteiger partial charge in [0.15, 0.2) is 5.78 Å².